The fraction of sp³-hybridized carbons (Fsp3) is 0.286. The molecule has 186 valence electrons. The second-order valence-corrected chi connectivity index (χ2v) is 9.24. The van der Waals surface area contributed by atoms with Crippen molar-refractivity contribution >= 4 is 17.6 Å². The molecule has 0 spiro atoms. The number of aryl methyl sites for hydroxylation is 1. The number of nitrogens with zero attached hydrogens (tertiary/aromatic N) is 4. The van der Waals surface area contributed by atoms with Crippen LogP contribution in [-0.4, -0.2) is 45.0 Å². The predicted octanol–water partition coefficient (Wildman–Crippen LogP) is 5.67. The number of aromatic nitrogens is 3. The zero-order valence-electron chi connectivity index (χ0n) is 20.5. The van der Waals surface area contributed by atoms with Gasteiger partial charge in [-0.1, -0.05) is 41.9 Å². The summed E-state index contributed by atoms with van der Waals surface area (Å²) in [6, 6.07) is 21.4. The summed E-state index contributed by atoms with van der Waals surface area (Å²) in [4.78, 5) is 15.6. The second kappa shape index (κ2) is 10.6. The highest BCUT2D eigenvalue weighted by Crippen LogP contribution is 2.38. The molecular formula is C28H30ClN5O2. The maximum atomic E-state index is 13.7. The predicted molar refractivity (Wildman–Crippen MR) is 141 cm³/mol. The minimum Gasteiger partial charge on any atom is -0.382 e. The van der Waals surface area contributed by atoms with E-state index >= 15 is 0 Å². The number of carbonyl (C=O) groups is 1. The number of ether oxygens (including phenoxy) is 1. The topological polar surface area (TPSA) is 64.3 Å². The van der Waals surface area contributed by atoms with Crippen molar-refractivity contribution in [1.29, 1.82) is 0 Å². The molecule has 36 heavy (non-hydrogen) atoms. The number of rotatable bonds is 7. The summed E-state index contributed by atoms with van der Waals surface area (Å²) < 4.78 is 9.55. The first-order valence-corrected chi connectivity index (χ1v) is 12.7. The summed E-state index contributed by atoms with van der Waals surface area (Å²) in [5.74, 6) is 0.942. The molecule has 7 nitrogen and oxygen atoms in total. The smallest absolute Gasteiger partial charge is 0.318 e. The number of para-hydroxylation sites is 1. The van der Waals surface area contributed by atoms with Gasteiger partial charge in [0.2, 0.25) is 0 Å². The Morgan fingerprint density at radius 1 is 1.14 bits per heavy atom. The van der Waals surface area contributed by atoms with Crippen LogP contribution in [0.25, 0.3) is 11.5 Å². The van der Waals surface area contributed by atoms with Crippen molar-refractivity contribution in [3.8, 4) is 11.5 Å². The standard InChI is InChI=1S/C28H30ClN5O2/c1-3-36-17-9-15-30-28(35)33-19-24-20(2)31-34(23-12-5-4-6-13-23)27(24)32-16-8-14-25(32)26(33)21-10-7-11-22(29)18-21/h4-8,10-14,16,18,26H,3,9,15,17,19H2,1-2H3,(H,30,35). The van der Waals surface area contributed by atoms with E-state index in [9.17, 15) is 4.79 Å². The molecule has 0 bridgehead atoms. The number of benzene rings is 2. The van der Waals surface area contributed by atoms with Gasteiger partial charge >= 0.3 is 6.03 Å². The Morgan fingerprint density at radius 3 is 2.75 bits per heavy atom. The van der Waals surface area contributed by atoms with Gasteiger partial charge in [-0.15, -0.1) is 0 Å². The van der Waals surface area contributed by atoms with Gasteiger partial charge in [0.05, 0.1) is 29.7 Å². The number of hydrogen-bond acceptors (Lipinski definition) is 3. The second-order valence-electron chi connectivity index (χ2n) is 8.81. The summed E-state index contributed by atoms with van der Waals surface area (Å²) >= 11 is 6.41. The molecule has 1 atom stereocenters. The van der Waals surface area contributed by atoms with Crippen LogP contribution in [0.4, 0.5) is 4.79 Å². The number of amides is 2. The van der Waals surface area contributed by atoms with Gasteiger partial charge in [0.15, 0.2) is 0 Å². The number of hydrogen-bond donors (Lipinski definition) is 1. The van der Waals surface area contributed by atoms with E-state index in [1.165, 1.54) is 0 Å². The molecule has 0 saturated carbocycles. The first kappa shape index (κ1) is 24.2. The third-order valence-electron chi connectivity index (χ3n) is 6.46. The SMILES string of the molecule is CCOCCCNC(=O)N1Cc2c(C)nn(-c3ccccc3)c2-n2cccc2C1c1cccc(Cl)c1. The van der Waals surface area contributed by atoms with E-state index in [1.807, 2.05) is 90.3 Å². The lowest BCUT2D eigenvalue weighted by Gasteiger charge is -2.31. The van der Waals surface area contributed by atoms with E-state index < -0.39 is 0 Å². The van der Waals surface area contributed by atoms with Gasteiger partial charge < -0.3 is 19.5 Å². The fourth-order valence-electron chi connectivity index (χ4n) is 4.79. The average molecular weight is 504 g/mol. The lowest BCUT2D eigenvalue weighted by Crippen LogP contribution is -2.42. The Morgan fingerprint density at radius 2 is 1.97 bits per heavy atom. The number of fused-ring (bicyclic) bond motifs is 3. The van der Waals surface area contributed by atoms with Crippen LogP contribution in [0.2, 0.25) is 5.02 Å². The minimum atomic E-state index is -0.332. The Labute approximate surface area is 216 Å². The molecule has 2 aromatic heterocycles. The van der Waals surface area contributed by atoms with Gasteiger partial charge in [0.1, 0.15) is 5.82 Å². The first-order chi connectivity index (χ1) is 17.6. The molecule has 0 aliphatic carbocycles. The lowest BCUT2D eigenvalue weighted by atomic mass is 10.0. The van der Waals surface area contributed by atoms with Crippen molar-refractivity contribution in [1.82, 2.24) is 24.6 Å². The van der Waals surface area contributed by atoms with Gasteiger partial charge in [0, 0.05) is 36.5 Å². The van der Waals surface area contributed by atoms with Crippen molar-refractivity contribution in [2.24, 2.45) is 0 Å². The Bertz CT molecular complexity index is 1350. The highest BCUT2D eigenvalue weighted by molar-refractivity contribution is 6.30. The van der Waals surface area contributed by atoms with Crippen LogP contribution in [-0.2, 0) is 11.3 Å². The summed E-state index contributed by atoms with van der Waals surface area (Å²) in [5.41, 5.74) is 4.78. The van der Waals surface area contributed by atoms with Gasteiger partial charge in [-0.05, 0) is 62.2 Å². The molecule has 3 heterocycles. The molecule has 0 saturated heterocycles. The van der Waals surface area contributed by atoms with Crippen LogP contribution >= 0.6 is 11.6 Å². The molecule has 2 aromatic carbocycles. The van der Waals surface area contributed by atoms with Crippen molar-refractivity contribution in [2.75, 3.05) is 19.8 Å². The quantitative estimate of drug-likeness (QED) is 0.331. The summed E-state index contributed by atoms with van der Waals surface area (Å²) in [6.07, 6.45) is 2.79. The zero-order chi connectivity index (χ0) is 25.1. The van der Waals surface area contributed by atoms with Gasteiger partial charge in [-0.3, -0.25) is 0 Å². The lowest BCUT2D eigenvalue weighted by molar-refractivity contribution is 0.143. The van der Waals surface area contributed by atoms with E-state index in [2.05, 4.69) is 16.0 Å². The van der Waals surface area contributed by atoms with Crippen LogP contribution < -0.4 is 5.32 Å². The number of halogens is 1. The number of urea groups is 1. The molecule has 2 amide bonds. The molecule has 1 unspecified atom stereocenters. The van der Waals surface area contributed by atoms with Gasteiger partial charge in [-0.2, -0.15) is 5.10 Å². The molecule has 8 heteroatoms. The van der Waals surface area contributed by atoms with Crippen molar-refractivity contribution in [3.63, 3.8) is 0 Å². The minimum absolute atomic E-state index is 0.135. The van der Waals surface area contributed by atoms with Crippen LogP contribution in [0.5, 0.6) is 0 Å². The van der Waals surface area contributed by atoms with Crippen LogP contribution in [0.15, 0.2) is 72.9 Å². The largest absolute Gasteiger partial charge is 0.382 e. The van der Waals surface area contributed by atoms with Gasteiger partial charge in [-0.25, -0.2) is 9.48 Å². The fourth-order valence-corrected chi connectivity index (χ4v) is 4.99. The molecule has 5 rings (SSSR count). The molecule has 4 aromatic rings. The van der Waals surface area contributed by atoms with Crippen molar-refractivity contribution in [3.05, 3.63) is 100 Å². The summed E-state index contributed by atoms with van der Waals surface area (Å²) in [5, 5.41) is 8.62. The van der Waals surface area contributed by atoms with Gasteiger partial charge in [0.25, 0.3) is 0 Å². The molecular weight excluding hydrogens is 474 g/mol. The number of nitrogens with one attached hydrogen (secondary N) is 1. The molecule has 0 radical (unpaired) electrons. The van der Waals surface area contributed by atoms with Crippen molar-refractivity contribution in [2.45, 2.75) is 32.9 Å². The average Bonchev–Trinajstić information content (AvgIpc) is 3.44. The van der Waals surface area contributed by atoms with E-state index in [0.717, 1.165) is 40.4 Å². The normalized spacial score (nSPS) is 14.8. The maximum absolute atomic E-state index is 13.7. The first-order valence-electron chi connectivity index (χ1n) is 12.3. The Kier molecular flexibility index (Phi) is 7.11. The maximum Gasteiger partial charge on any atom is 0.318 e. The van der Waals surface area contributed by atoms with E-state index in [0.29, 0.717) is 31.3 Å². The molecule has 1 aliphatic rings. The number of carbonyl (C=O) groups excluding carboxylic acids is 1. The highest BCUT2D eigenvalue weighted by Gasteiger charge is 2.35. The van der Waals surface area contributed by atoms with Crippen LogP contribution in [0.3, 0.4) is 0 Å². The molecule has 1 N–H and O–H groups in total. The molecule has 1 aliphatic heterocycles. The van der Waals surface area contributed by atoms with Crippen molar-refractivity contribution < 1.29 is 9.53 Å². The summed E-state index contributed by atoms with van der Waals surface area (Å²) in [6.45, 7) is 6.19. The third kappa shape index (κ3) is 4.64. The summed E-state index contributed by atoms with van der Waals surface area (Å²) in [7, 11) is 0. The Balaban J connectivity index is 1.61. The highest BCUT2D eigenvalue weighted by atomic mass is 35.5. The Hall–Kier alpha value is -3.55. The van der Waals surface area contributed by atoms with Crippen LogP contribution in [0, 0.1) is 6.92 Å². The van der Waals surface area contributed by atoms with Crippen LogP contribution in [0.1, 0.15) is 41.9 Å². The zero-order valence-corrected chi connectivity index (χ0v) is 21.3. The molecule has 0 fully saturated rings. The van der Waals surface area contributed by atoms with E-state index in [-0.39, 0.29) is 12.1 Å². The van der Waals surface area contributed by atoms with E-state index in [1.54, 1.807) is 0 Å². The third-order valence-corrected chi connectivity index (χ3v) is 6.69. The monoisotopic (exact) mass is 503 g/mol. The van der Waals surface area contributed by atoms with E-state index in [4.69, 9.17) is 21.4 Å².